The van der Waals surface area contributed by atoms with Crippen LogP contribution < -0.4 is 4.72 Å². The number of benzene rings is 2. The molecule has 0 aliphatic heterocycles. The van der Waals surface area contributed by atoms with Gasteiger partial charge in [0, 0.05) is 10.4 Å². The summed E-state index contributed by atoms with van der Waals surface area (Å²) in [6, 6.07) is 14.4. The monoisotopic (exact) mass is 415 g/mol. The van der Waals surface area contributed by atoms with Crippen LogP contribution in [0.15, 0.2) is 66.1 Å². The molecule has 0 saturated carbocycles. The van der Waals surface area contributed by atoms with E-state index in [0.29, 0.717) is 16.0 Å². The molecular formula is C20H17NO5S2. The summed E-state index contributed by atoms with van der Waals surface area (Å²) >= 11 is 1.05. The standard InChI is InChI=1S/C20H17NO5S2/c1-12-7-3-6-10-18(12)28(25,26)21-16-11-17(27-19(16)13(2)22)14-8-4-5-9-15(14)20(23)24/h3-11,21-22H,2H2,1H3,(H,23,24). The first kappa shape index (κ1) is 19.7. The maximum Gasteiger partial charge on any atom is 0.336 e. The van der Waals surface area contributed by atoms with E-state index in [4.69, 9.17) is 0 Å². The Morgan fingerprint density at radius 3 is 2.36 bits per heavy atom. The van der Waals surface area contributed by atoms with E-state index in [2.05, 4.69) is 11.3 Å². The van der Waals surface area contributed by atoms with E-state index in [1.54, 1.807) is 43.3 Å². The van der Waals surface area contributed by atoms with E-state index < -0.39 is 16.0 Å². The third kappa shape index (κ3) is 3.78. The second kappa shape index (κ2) is 7.49. The largest absolute Gasteiger partial charge is 0.507 e. The van der Waals surface area contributed by atoms with Crippen LogP contribution in [0.5, 0.6) is 0 Å². The predicted molar refractivity (Wildman–Crippen MR) is 110 cm³/mol. The van der Waals surface area contributed by atoms with Gasteiger partial charge in [-0.05, 0) is 30.7 Å². The number of sulfonamides is 1. The fourth-order valence-electron chi connectivity index (χ4n) is 2.76. The van der Waals surface area contributed by atoms with Gasteiger partial charge in [-0.15, -0.1) is 11.3 Å². The molecule has 0 aliphatic carbocycles. The highest BCUT2D eigenvalue weighted by molar-refractivity contribution is 7.92. The summed E-state index contributed by atoms with van der Waals surface area (Å²) in [6.07, 6.45) is 0. The van der Waals surface area contributed by atoms with Gasteiger partial charge in [-0.25, -0.2) is 13.2 Å². The van der Waals surface area contributed by atoms with Crippen LogP contribution >= 0.6 is 11.3 Å². The molecule has 1 heterocycles. The maximum absolute atomic E-state index is 12.8. The number of aromatic carboxylic acids is 1. The van der Waals surface area contributed by atoms with Gasteiger partial charge in [0.1, 0.15) is 5.76 Å². The number of hydrogen-bond donors (Lipinski definition) is 3. The predicted octanol–water partition coefficient (Wildman–Crippen LogP) is 4.75. The molecule has 0 unspecified atom stereocenters. The molecule has 0 spiro atoms. The Labute approximate surface area is 166 Å². The number of aliphatic hydroxyl groups excluding tert-OH is 1. The first-order chi connectivity index (χ1) is 13.2. The van der Waals surface area contributed by atoms with Gasteiger partial charge in [0.2, 0.25) is 0 Å². The van der Waals surface area contributed by atoms with Crippen molar-refractivity contribution in [2.24, 2.45) is 0 Å². The molecule has 0 aliphatic rings. The number of carboxylic acids is 1. The highest BCUT2D eigenvalue weighted by atomic mass is 32.2. The number of carbonyl (C=O) groups is 1. The summed E-state index contributed by atoms with van der Waals surface area (Å²) < 4.78 is 28.1. The number of aliphatic hydroxyl groups is 1. The molecule has 1 aromatic heterocycles. The van der Waals surface area contributed by atoms with Crippen molar-refractivity contribution in [2.45, 2.75) is 11.8 Å². The fraction of sp³-hybridized carbons (Fsp3) is 0.0500. The summed E-state index contributed by atoms with van der Waals surface area (Å²) in [4.78, 5) is 12.3. The van der Waals surface area contributed by atoms with Crippen LogP contribution in [0.3, 0.4) is 0 Å². The molecule has 0 amide bonds. The zero-order valence-corrected chi connectivity index (χ0v) is 16.5. The Bertz CT molecular complexity index is 1180. The van der Waals surface area contributed by atoms with Gasteiger partial charge < -0.3 is 10.2 Å². The van der Waals surface area contributed by atoms with Crippen molar-refractivity contribution in [2.75, 3.05) is 4.72 Å². The van der Waals surface area contributed by atoms with Crippen molar-refractivity contribution in [1.29, 1.82) is 0 Å². The van der Waals surface area contributed by atoms with Crippen molar-refractivity contribution in [3.8, 4) is 10.4 Å². The van der Waals surface area contributed by atoms with Gasteiger partial charge in [0.25, 0.3) is 10.0 Å². The fourth-order valence-corrected chi connectivity index (χ4v) is 5.15. The first-order valence-electron chi connectivity index (χ1n) is 8.14. The van der Waals surface area contributed by atoms with E-state index in [1.807, 2.05) is 0 Å². The van der Waals surface area contributed by atoms with E-state index >= 15 is 0 Å². The Hall–Kier alpha value is -3.10. The summed E-state index contributed by atoms with van der Waals surface area (Å²) in [5, 5.41) is 19.3. The van der Waals surface area contributed by atoms with Crippen molar-refractivity contribution in [3.63, 3.8) is 0 Å². The second-order valence-corrected chi connectivity index (χ2v) is 8.72. The molecule has 6 nitrogen and oxygen atoms in total. The highest BCUT2D eigenvalue weighted by Crippen LogP contribution is 2.40. The molecule has 0 fully saturated rings. The van der Waals surface area contributed by atoms with Gasteiger partial charge in [-0.1, -0.05) is 43.0 Å². The lowest BCUT2D eigenvalue weighted by atomic mass is 10.1. The minimum atomic E-state index is -3.91. The van der Waals surface area contributed by atoms with Crippen LogP contribution in [-0.4, -0.2) is 24.6 Å². The zero-order valence-electron chi connectivity index (χ0n) is 14.8. The summed E-state index contributed by atoms with van der Waals surface area (Å²) in [5.74, 6) is -1.41. The Kier molecular flexibility index (Phi) is 5.26. The molecular weight excluding hydrogens is 398 g/mol. The lowest BCUT2D eigenvalue weighted by molar-refractivity contribution is 0.0697. The summed E-state index contributed by atoms with van der Waals surface area (Å²) in [7, 11) is -3.91. The van der Waals surface area contributed by atoms with Gasteiger partial charge in [0.15, 0.2) is 0 Å². The third-order valence-corrected chi connectivity index (χ3v) is 6.79. The number of nitrogens with one attached hydrogen (secondary N) is 1. The van der Waals surface area contributed by atoms with Crippen LogP contribution in [0.4, 0.5) is 5.69 Å². The molecule has 28 heavy (non-hydrogen) atoms. The number of rotatable bonds is 6. The van der Waals surface area contributed by atoms with Crippen LogP contribution in [0.1, 0.15) is 20.8 Å². The number of aryl methyl sites for hydroxylation is 1. The number of anilines is 1. The normalized spacial score (nSPS) is 11.2. The topological polar surface area (TPSA) is 104 Å². The third-order valence-electron chi connectivity index (χ3n) is 4.04. The SMILES string of the molecule is C=C(O)c1sc(-c2ccccc2C(=O)O)cc1NS(=O)(=O)c1ccccc1C. The number of thiophene rings is 1. The quantitative estimate of drug-likeness (QED) is 0.504. The minimum absolute atomic E-state index is 0.0761. The first-order valence-corrected chi connectivity index (χ1v) is 10.4. The van der Waals surface area contributed by atoms with E-state index in [9.17, 15) is 23.4 Å². The number of hydrogen-bond acceptors (Lipinski definition) is 5. The molecule has 0 radical (unpaired) electrons. The minimum Gasteiger partial charge on any atom is -0.507 e. The van der Waals surface area contributed by atoms with E-state index in [0.717, 1.165) is 11.3 Å². The van der Waals surface area contributed by atoms with Crippen molar-refractivity contribution in [1.82, 2.24) is 0 Å². The van der Waals surface area contributed by atoms with Crippen molar-refractivity contribution < 1.29 is 23.4 Å². The number of carboxylic acid groups (broad SMARTS) is 1. The van der Waals surface area contributed by atoms with Gasteiger partial charge in [0.05, 0.1) is 21.0 Å². The lowest BCUT2D eigenvalue weighted by Crippen LogP contribution is -2.14. The molecule has 3 rings (SSSR count). The van der Waals surface area contributed by atoms with Crippen LogP contribution in [0, 0.1) is 6.92 Å². The van der Waals surface area contributed by atoms with Crippen LogP contribution in [0.2, 0.25) is 0 Å². The van der Waals surface area contributed by atoms with Crippen molar-refractivity contribution in [3.05, 3.63) is 77.2 Å². The van der Waals surface area contributed by atoms with Gasteiger partial charge in [-0.3, -0.25) is 4.72 Å². The molecule has 3 aromatic rings. The lowest BCUT2D eigenvalue weighted by Gasteiger charge is -2.10. The van der Waals surface area contributed by atoms with Crippen LogP contribution in [0.25, 0.3) is 16.2 Å². The molecule has 0 atom stereocenters. The Morgan fingerprint density at radius 2 is 1.71 bits per heavy atom. The van der Waals surface area contributed by atoms with Crippen LogP contribution in [-0.2, 0) is 10.0 Å². The van der Waals surface area contributed by atoms with Gasteiger partial charge >= 0.3 is 5.97 Å². The maximum atomic E-state index is 12.8. The van der Waals surface area contributed by atoms with E-state index in [-0.39, 0.29) is 26.8 Å². The van der Waals surface area contributed by atoms with Crippen molar-refractivity contribution >= 4 is 38.8 Å². The molecule has 144 valence electrons. The van der Waals surface area contributed by atoms with E-state index in [1.165, 1.54) is 18.2 Å². The van der Waals surface area contributed by atoms with Gasteiger partial charge in [-0.2, -0.15) is 0 Å². The average molecular weight is 415 g/mol. The molecule has 2 aromatic carbocycles. The molecule has 8 heteroatoms. The summed E-state index contributed by atoms with van der Waals surface area (Å²) in [5.41, 5.74) is 1.21. The molecule has 0 bridgehead atoms. The Balaban J connectivity index is 2.10. The summed E-state index contributed by atoms with van der Waals surface area (Å²) in [6.45, 7) is 5.17. The second-order valence-electron chi connectivity index (χ2n) is 6.02. The molecule has 3 N–H and O–H groups in total. The molecule has 0 saturated heterocycles. The highest BCUT2D eigenvalue weighted by Gasteiger charge is 2.22. The zero-order chi connectivity index (χ0) is 20.5. The Morgan fingerprint density at radius 1 is 1.07 bits per heavy atom. The average Bonchev–Trinajstić information content (AvgIpc) is 3.05. The smallest absolute Gasteiger partial charge is 0.336 e.